The summed E-state index contributed by atoms with van der Waals surface area (Å²) >= 11 is 1.23. The topological polar surface area (TPSA) is 0 Å². The fourth-order valence-electron chi connectivity index (χ4n) is 1.06. The van der Waals surface area contributed by atoms with Crippen molar-refractivity contribution in [2.75, 3.05) is 0 Å². The lowest BCUT2D eigenvalue weighted by molar-refractivity contribution is -0.139. The number of rotatable bonds is 2. The van der Waals surface area contributed by atoms with Crippen molar-refractivity contribution in [2.24, 2.45) is 0 Å². The van der Waals surface area contributed by atoms with Gasteiger partial charge in [0.25, 0.3) is 0 Å². The van der Waals surface area contributed by atoms with Gasteiger partial charge < -0.3 is 0 Å². The second-order valence-corrected chi connectivity index (χ2v) is 4.78. The minimum atomic E-state index is -4.25. The quantitative estimate of drug-likeness (QED) is 0.673. The van der Waals surface area contributed by atoms with Crippen LogP contribution in [0.25, 0.3) is 0 Å². The van der Waals surface area contributed by atoms with E-state index in [0.29, 0.717) is 4.90 Å². The molecule has 0 atom stereocenters. The number of benzene rings is 1. The van der Waals surface area contributed by atoms with Gasteiger partial charge in [0.1, 0.15) is 0 Å². The fraction of sp³-hybridized carbons (Fsp3) is 0.400. The summed E-state index contributed by atoms with van der Waals surface area (Å²) in [7, 11) is 0. The van der Waals surface area contributed by atoms with E-state index >= 15 is 0 Å². The monoisotopic (exact) mass is 220 g/mol. The van der Waals surface area contributed by atoms with Crippen molar-refractivity contribution in [3.63, 3.8) is 0 Å². The van der Waals surface area contributed by atoms with Crippen LogP contribution in [-0.2, 0) is 6.18 Å². The zero-order valence-corrected chi connectivity index (χ0v) is 8.75. The molecule has 0 spiro atoms. The molecule has 0 saturated carbocycles. The Labute approximate surface area is 85.5 Å². The van der Waals surface area contributed by atoms with Crippen molar-refractivity contribution in [2.45, 2.75) is 30.2 Å². The van der Waals surface area contributed by atoms with Crippen molar-refractivity contribution >= 4 is 11.8 Å². The molecule has 0 fully saturated rings. The van der Waals surface area contributed by atoms with Gasteiger partial charge in [0.05, 0.1) is 5.56 Å². The molecular weight excluding hydrogens is 209 g/mol. The summed E-state index contributed by atoms with van der Waals surface area (Å²) < 4.78 is 37.5. The summed E-state index contributed by atoms with van der Waals surface area (Å²) in [6.07, 6.45) is -4.25. The van der Waals surface area contributed by atoms with Crippen LogP contribution in [0.5, 0.6) is 0 Å². The van der Waals surface area contributed by atoms with Gasteiger partial charge >= 0.3 is 6.18 Å². The molecule has 78 valence electrons. The highest BCUT2D eigenvalue weighted by Gasteiger charge is 2.33. The minimum absolute atomic E-state index is 0.151. The van der Waals surface area contributed by atoms with E-state index in [1.807, 2.05) is 13.8 Å². The second kappa shape index (κ2) is 4.26. The van der Waals surface area contributed by atoms with Gasteiger partial charge in [0.15, 0.2) is 0 Å². The van der Waals surface area contributed by atoms with Crippen LogP contribution >= 0.6 is 11.8 Å². The zero-order valence-electron chi connectivity index (χ0n) is 7.93. The first-order chi connectivity index (χ1) is 6.41. The van der Waals surface area contributed by atoms with Crippen LogP contribution in [0.4, 0.5) is 13.2 Å². The zero-order chi connectivity index (χ0) is 10.8. The third-order valence-electron chi connectivity index (χ3n) is 1.56. The maximum Gasteiger partial charge on any atom is 0.417 e. The van der Waals surface area contributed by atoms with Crippen molar-refractivity contribution < 1.29 is 13.2 Å². The van der Waals surface area contributed by atoms with Gasteiger partial charge in [-0.3, -0.25) is 0 Å². The molecule has 0 bridgehead atoms. The predicted octanol–water partition coefficient (Wildman–Crippen LogP) is 4.21. The number of hydrogen-bond donors (Lipinski definition) is 0. The molecule has 0 aliphatic rings. The number of thioether (sulfide) groups is 1. The molecule has 0 radical (unpaired) electrons. The molecule has 0 aliphatic heterocycles. The predicted molar refractivity (Wildman–Crippen MR) is 52.4 cm³/mol. The molecule has 0 heterocycles. The van der Waals surface area contributed by atoms with E-state index in [2.05, 4.69) is 0 Å². The van der Waals surface area contributed by atoms with E-state index in [1.54, 1.807) is 6.07 Å². The van der Waals surface area contributed by atoms with Crippen molar-refractivity contribution in [1.29, 1.82) is 0 Å². The van der Waals surface area contributed by atoms with Crippen molar-refractivity contribution in [3.05, 3.63) is 29.8 Å². The third kappa shape index (κ3) is 2.94. The molecule has 0 saturated heterocycles. The average Bonchev–Trinajstić information content (AvgIpc) is 2.01. The van der Waals surface area contributed by atoms with E-state index in [9.17, 15) is 13.2 Å². The van der Waals surface area contributed by atoms with E-state index in [4.69, 9.17) is 0 Å². The first kappa shape index (κ1) is 11.4. The Balaban J connectivity index is 3.04. The van der Waals surface area contributed by atoms with Crippen LogP contribution in [-0.4, -0.2) is 5.25 Å². The summed E-state index contributed by atoms with van der Waals surface area (Å²) in [4.78, 5) is 0.301. The Hall–Kier alpha value is -0.640. The molecule has 0 amide bonds. The SMILES string of the molecule is CC(C)Sc1ccccc1C(F)(F)F. The van der Waals surface area contributed by atoms with Crippen LogP contribution in [0.2, 0.25) is 0 Å². The highest BCUT2D eigenvalue weighted by atomic mass is 32.2. The van der Waals surface area contributed by atoms with Crippen LogP contribution in [0.1, 0.15) is 19.4 Å². The molecule has 1 aromatic rings. The summed E-state index contributed by atoms with van der Waals surface area (Å²) in [5, 5.41) is 0.151. The van der Waals surface area contributed by atoms with E-state index in [-0.39, 0.29) is 5.25 Å². The minimum Gasteiger partial charge on any atom is -0.166 e. The van der Waals surface area contributed by atoms with Crippen molar-refractivity contribution in [1.82, 2.24) is 0 Å². The lowest BCUT2D eigenvalue weighted by atomic mass is 10.2. The third-order valence-corrected chi connectivity index (χ3v) is 2.64. The van der Waals surface area contributed by atoms with Gasteiger partial charge in [-0.2, -0.15) is 13.2 Å². The molecule has 0 aromatic heterocycles. The number of alkyl halides is 3. The Kier molecular flexibility index (Phi) is 3.48. The van der Waals surface area contributed by atoms with Gasteiger partial charge in [-0.05, 0) is 12.1 Å². The molecule has 4 heteroatoms. The van der Waals surface area contributed by atoms with Gasteiger partial charge in [-0.15, -0.1) is 11.8 Å². The molecule has 0 N–H and O–H groups in total. The molecule has 0 nitrogen and oxygen atoms in total. The molecule has 14 heavy (non-hydrogen) atoms. The first-order valence-corrected chi connectivity index (χ1v) is 5.12. The normalized spacial score (nSPS) is 12.1. The Morgan fingerprint density at radius 3 is 2.21 bits per heavy atom. The Bertz CT molecular complexity index is 304. The maximum absolute atomic E-state index is 12.5. The highest BCUT2D eigenvalue weighted by molar-refractivity contribution is 8.00. The average molecular weight is 220 g/mol. The van der Waals surface area contributed by atoms with Gasteiger partial charge in [0, 0.05) is 10.1 Å². The summed E-state index contributed by atoms with van der Waals surface area (Å²) in [5.41, 5.74) is -0.543. The number of hydrogen-bond acceptors (Lipinski definition) is 1. The molecule has 0 aliphatic carbocycles. The Morgan fingerprint density at radius 1 is 1.14 bits per heavy atom. The highest BCUT2D eigenvalue weighted by Crippen LogP contribution is 2.37. The molecule has 0 unspecified atom stereocenters. The summed E-state index contributed by atoms with van der Waals surface area (Å²) in [6.45, 7) is 3.75. The van der Waals surface area contributed by atoms with Crippen LogP contribution < -0.4 is 0 Å². The summed E-state index contributed by atoms with van der Waals surface area (Å²) in [5.74, 6) is 0. The van der Waals surface area contributed by atoms with Gasteiger partial charge in [0.2, 0.25) is 0 Å². The van der Waals surface area contributed by atoms with Crippen LogP contribution in [0, 0.1) is 0 Å². The van der Waals surface area contributed by atoms with Gasteiger partial charge in [-0.25, -0.2) is 0 Å². The van der Waals surface area contributed by atoms with E-state index < -0.39 is 11.7 Å². The number of halogens is 3. The van der Waals surface area contributed by atoms with E-state index in [1.165, 1.54) is 23.9 Å². The smallest absolute Gasteiger partial charge is 0.166 e. The van der Waals surface area contributed by atoms with E-state index in [0.717, 1.165) is 6.07 Å². The van der Waals surface area contributed by atoms with Gasteiger partial charge in [-0.1, -0.05) is 26.0 Å². The molecular formula is C10H11F3S. The lowest BCUT2D eigenvalue weighted by Crippen LogP contribution is -2.07. The fourth-order valence-corrected chi connectivity index (χ4v) is 2.03. The Morgan fingerprint density at radius 2 is 1.71 bits per heavy atom. The molecule has 1 rings (SSSR count). The van der Waals surface area contributed by atoms with Crippen molar-refractivity contribution in [3.8, 4) is 0 Å². The van der Waals surface area contributed by atoms with Crippen LogP contribution in [0.15, 0.2) is 29.2 Å². The van der Waals surface area contributed by atoms with Crippen LogP contribution in [0.3, 0.4) is 0 Å². The second-order valence-electron chi connectivity index (χ2n) is 3.16. The summed E-state index contributed by atoms with van der Waals surface area (Å²) in [6, 6.07) is 5.66. The largest absolute Gasteiger partial charge is 0.417 e. The lowest BCUT2D eigenvalue weighted by Gasteiger charge is -2.13. The maximum atomic E-state index is 12.5. The standard InChI is InChI=1S/C10H11F3S/c1-7(2)14-9-6-4-3-5-8(9)10(11,12)13/h3-7H,1-2H3. The first-order valence-electron chi connectivity index (χ1n) is 4.24. The molecule has 1 aromatic carbocycles.